The normalized spacial score (nSPS) is 12.0. The lowest BCUT2D eigenvalue weighted by Crippen LogP contribution is -2.25. The van der Waals surface area contributed by atoms with E-state index < -0.39 is 16.1 Å². The van der Waals surface area contributed by atoms with Gasteiger partial charge in [0.05, 0.1) is 5.75 Å². The van der Waals surface area contributed by atoms with Crippen LogP contribution in [-0.2, 0) is 25.1 Å². The molecule has 0 atom stereocenters. The molecule has 0 spiro atoms. The van der Waals surface area contributed by atoms with Gasteiger partial charge >= 0.3 is 0 Å². The maximum Gasteiger partial charge on any atom is 0.170 e. The Morgan fingerprint density at radius 3 is 2.41 bits per heavy atom. The predicted molar refractivity (Wildman–Crippen MR) is 66.5 cm³/mol. The molecule has 0 fully saturated rings. The number of aryl methyl sites for hydroxylation is 1. The van der Waals surface area contributed by atoms with Gasteiger partial charge in [0.25, 0.3) is 0 Å². The molecule has 0 aliphatic carbocycles. The molecule has 0 unspecified atom stereocenters. The summed E-state index contributed by atoms with van der Waals surface area (Å²) in [7, 11) is -0.371. The Morgan fingerprint density at radius 1 is 1.24 bits per heavy atom. The summed E-state index contributed by atoms with van der Waals surface area (Å²) in [6.45, 7) is 1.93. The zero-order chi connectivity index (χ0) is 12.9. The van der Waals surface area contributed by atoms with Crippen LogP contribution in [0.4, 0.5) is 0 Å². The third-order valence-electron chi connectivity index (χ3n) is 2.38. The maximum absolute atomic E-state index is 11.9. The number of benzene rings is 1. The molecule has 96 valence electrons. The molecule has 4 nitrogen and oxygen atoms in total. The molecule has 0 radical (unpaired) electrons. The Bertz CT molecular complexity index is 449. The average Bonchev–Trinajstić information content (AvgIpc) is 2.25. The van der Waals surface area contributed by atoms with Gasteiger partial charge in [-0.05, 0) is 12.5 Å². The van der Waals surface area contributed by atoms with Crippen LogP contribution in [0.5, 0.6) is 0 Å². The van der Waals surface area contributed by atoms with Crippen molar-refractivity contribution >= 4 is 9.84 Å². The summed E-state index contributed by atoms with van der Waals surface area (Å²) in [5.41, 5.74) is 1.84. The second kappa shape index (κ2) is 6.14. The molecule has 0 N–H and O–H groups in total. The van der Waals surface area contributed by atoms with E-state index in [0.29, 0.717) is 0 Å². The van der Waals surface area contributed by atoms with Crippen molar-refractivity contribution in [3.8, 4) is 0 Å². The summed E-state index contributed by atoms with van der Waals surface area (Å²) < 4.78 is 33.5. The highest BCUT2D eigenvalue weighted by atomic mass is 32.2. The van der Waals surface area contributed by atoms with Crippen LogP contribution in [0, 0.1) is 6.92 Å². The van der Waals surface area contributed by atoms with Crippen LogP contribution in [-0.4, -0.2) is 34.7 Å². The molecule has 1 rings (SSSR count). The SMILES string of the molecule is COC(CS(=O)(=O)Cc1cccc(C)c1)OC. The van der Waals surface area contributed by atoms with Crippen LogP contribution in [0.1, 0.15) is 11.1 Å². The molecule has 0 aliphatic heterocycles. The smallest absolute Gasteiger partial charge is 0.170 e. The van der Waals surface area contributed by atoms with E-state index in [1.54, 1.807) is 6.07 Å². The van der Waals surface area contributed by atoms with Crippen LogP contribution >= 0.6 is 0 Å². The minimum absolute atomic E-state index is 0.0118. The van der Waals surface area contributed by atoms with Gasteiger partial charge in [-0.3, -0.25) is 0 Å². The molecule has 5 heteroatoms. The highest BCUT2D eigenvalue weighted by Crippen LogP contribution is 2.10. The van der Waals surface area contributed by atoms with Gasteiger partial charge in [0.15, 0.2) is 16.1 Å². The zero-order valence-corrected chi connectivity index (χ0v) is 11.2. The zero-order valence-electron chi connectivity index (χ0n) is 10.3. The Hall–Kier alpha value is -0.910. The fourth-order valence-electron chi connectivity index (χ4n) is 1.55. The number of rotatable bonds is 6. The fraction of sp³-hybridized carbons (Fsp3) is 0.500. The minimum Gasteiger partial charge on any atom is -0.355 e. The molecule has 0 aromatic heterocycles. The molecule has 1 aromatic rings. The number of hydrogen-bond acceptors (Lipinski definition) is 4. The summed E-state index contributed by atoms with van der Waals surface area (Å²) in [6.07, 6.45) is -0.704. The van der Waals surface area contributed by atoms with Crippen molar-refractivity contribution in [2.45, 2.75) is 19.0 Å². The van der Waals surface area contributed by atoms with Crippen LogP contribution in [0.25, 0.3) is 0 Å². The van der Waals surface area contributed by atoms with Crippen LogP contribution < -0.4 is 0 Å². The first-order valence-corrected chi connectivity index (χ1v) is 7.10. The Balaban J connectivity index is 2.73. The Labute approximate surface area is 102 Å². The van der Waals surface area contributed by atoms with E-state index in [4.69, 9.17) is 9.47 Å². The molecule has 0 aliphatic rings. The summed E-state index contributed by atoms with van der Waals surface area (Å²) in [5.74, 6) is -0.119. The van der Waals surface area contributed by atoms with E-state index in [1.165, 1.54) is 14.2 Å². The summed E-state index contributed by atoms with van der Waals surface area (Å²) in [4.78, 5) is 0. The summed E-state index contributed by atoms with van der Waals surface area (Å²) in [6, 6.07) is 7.46. The summed E-state index contributed by atoms with van der Waals surface area (Å²) in [5, 5.41) is 0. The minimum atomic E-state index is -3.22. The Kier molecular flexibility index (Phi) is 5.11. The van der Waals surface area contributed by atoms with Gasteiger partial charge < -0.3 is 9.47 Å². The van der Waals surface area contributed by atoms with Crippen molar-refractivity contribution in [3.63, 3.8) is 0 Å². The molecular formula is C12H18O4S. The highest BCUT2D eigenvalue weighted by Gasteiger charge is 2.19. The van der Waals surface area contributed by atoms with Crippen molar-refractivity contribution < 1.29 is 17.9 Å². The second-order valence-corrected chi connectivity index (χ2v) is 6.05. The number of sulfone groups is 1. The van der Waals surface area contributed by atoms with Crippen LogP contribution in [0.15, 0.2) is 24.3 Å². The van der Waals surface area contributed by atoms with Gasteiger partial charge in [-0.15, -0.1) is 0 Å². The van der Waals surface area contributed by atoms with Gasteiger partial charge in [0.1, 0.15) is 5.75 Å². The van der Waals surface area contributed by atoms with Crippen molar-refractivity contribution in [1.29, 1.82) is 0 Å². The van der Waals surface area contributed by atoms with E-state index >= 15 is 0 Å². The molecule has 0 saturated heterocycles. The number of hydrogen-bond donors (Lipinski definition) is 0. The van der Waals surface area contributed by atoms with Crippen LogP contribution in [0.2, 0.25) is 0 Å². The quantitative estimate of drug-likeness (QED) is 0.726. The van der Waals surface area contributed by atoms with Gasteiger partial charge in [-0.1, -0.05) is 29.8 Å². The van der Waals surface area contributed by atoms with Crippen molar-refractivity contribution in [2.24, 2.45) is 0 Å². The largest absolute Gasteiger partial charge is 0.355 e. The van der Waals surface area contributed by atoms with Crippen molar-refractivity contribution in [3.05, 3.63) is 35.4 Å². The van der Waals surface area contributed by atoms with E-state index in [1.807, 2.05) is 25.1 Å². The van der Waals surface area contributed by atoms with Crippen molar-refractivity contribution in [2.75, 3.05) is 20.0 Å². The van der Waals surface area contributed by atoms with E-state index in [2.05, 4.69) is 0 Å². The topological polar surface area (TPSA) is 52.6 Å². The lowest BCUT2D eigenvalue weighted by molar-refractivity contribution is -0.0852. The molecule has 17 heavy (non-hydrogen) atoms. The maximum atomic E-state index is 11.9. The van der Waals surface area contributed by atoms with Crippen LogP contribution in [0.3, 0.4) is 0 Å². The number of ether oxygens (including phenoxy) is 2. The lowest BCUT2D eigenvalue weighted by atomic mass is 10.2. The van der Waals surface area contributed by atoms with E-state index in [9.17, 15) is 8.42 Å². The third-order valence-corrected chi connectivity index (χ3v) is 3.94. The first-order chi connectivity index (χ1) is 7.96. The average molecular weight is 258 g/mol. The third kappa shape index (κ3) is 4.85. The van der Waals surface area contributed by atoms with Crippen molar-refractivity contribution in [1.82, 2.24) is 0 Å². The fourth-order valence-corrected chi connectivity index (χ4v) is 3.05. The van der Waals surface area contributed by atoms with E-state index in [0.717, 1.165) is 11.1 Å². The standard InChI is InChI=1S/C12H18O4S/c1-10-5-4-6-11(7-10)8-17(13,14)9-12(15-2)16-3/h4-7,12H,8-9H2,1-3H3. The molecular weight excluding hydrogens is 240 g/mol. The molecule has 0 bridgehead atoms. The van der Waals surface area contributed by atoms with Gasteiger partial charge in [0, 0.05) is 14.2 Å². The first kappa shape index (κ1) is 14.2. The van der Waals surface area contributed by atoms with Gasteiger partial charge in [-0.25, -0.2) is 8.42 Å². The highest BCUT2D eigenvalue weighted by molar-refractivity contribution is 7.90. The molecule has 0 heterocycles. The summed E-state index contributed by atoms with van der Waals surface area (Å²) >= 11 is 0. The molecule has 1 aromatic carbocycles. The second-order valence-electron chi connectivity index (χ2n) is 3.94. The first-order valence-electron chi connectivity index (χ1n) is 5.28. The van der Waals surface area contributed by atoms with Gasteiger partial charge in [-0.2, -0.15) is 0 Å². The Morgan fingerprint density at radius 2 is 1.88 bits per heavy atom. The monoisotopic (exact) mass is 258 g/mol. The number of methoxy groups -OCH3 is 2. The molecule has 0 saturated carbocycles. The lowest BCUT2D eigenvalue weighted by Gasteiger charge is -2.13. The predicted octanol–water partition coefficient (Wildman–Crippen LogP) is 1.53. The van der Waals surface area contributed by atoms with Gasteiger partial charge in [0.2, 0.25) is 0 Å². The molecule has 0 amide bonds. The van der Waals surface area contributed by atoms with E-state index in [-0.39, 0.29) is 11.5 Å².